The van der Waals surface area contributed by atoms with Gasteiger partial charge in [0.25, 0.3) is 0 Å². The molecule has 1 aliphatic rings. The van der Waals surface area contributed by atoms with E-state index in [4.69, 9.17) is 0 Å². The summed E-state index contributed by atoms with van der Waals surface area (Å²) in [6.45, 7) is 7.84. The van der Waals surface area contributed by atoms with E-state index in [1.165, 1.54) is 12.8 Å². The Morgan fingerprint density at radius 1 is 1.32 bits per heavy atom. The molecule has 0 unspecified atom stereocenters. The van der Waals surface area contributed by atoms with E-state index in [1.54, 1.807) is 0 Å². The molecule has 2 N–H and O–H groups in total. The van der Waals surface area contributed by atoms with Crippen molar-refractivity contribution in [2.75, 3.05) is 29.9 Å². The molecule has 0 radical (unpaired) electrons. The zero-order valence-corrected chi connectivity index (χ0v) is 12.1. The smallest absolute Gasteiger partial charge is 0.137 e. The third-order valence-corrected chi connectivity index (χ3v) is 3.37. The number of aliphatic hydroxyl groups excluding tert-OH is 1. The minimum atomic E-state index is 0.163. The first-order valence-electron chi connectivity index (χ1n) is 7.14. The SMILES string of the molecule is CCCNc1nc(C)nc(N(CCO)C2CC2)c1C. The van der Waals surface area contributed by atoms with Crippen LogP contribution in [0.2, 0.25) is 0 Å². The van der Waals surface area contributed by atoms with Gasteiger partial charge in [0.1, 0.15) is 17.5 Å². The first kappa shape index (κ1) is 14.1. The van der Waals surface area contributed by atoms with Gasteiger partial charge in [0.05, 0.1) is 6.61 Å². The molecular weight excluding hydrogens is 240 g/mol. The van der Waals surface area contributed by atoms with Crippen molar-refractivity contribution in [1.82, 2.24) is 9.97 Å². The van der Waals surface area contributed by atoms with Gasteiger partial charge in [-0.2, -0.15) is 0 Å². The molecule has 0 saturated heterocycles. The van der Waals surface area contributed by atoms with Crippen molar-refractivity contribution in [3.8, 4) is 0 Å². The van der Waals surface area contributed by atoms with Gasteiger partial charge >= 0.3 is 0 Å². The average Bonchev–Trinajstić information content (AvgIpc) is 3.21. The third kappa shape index (κ3) is 3.35. The van der Waals surface area contributed by atoms with Crippen LogP contribution < -0.4 is 10.2 Å². The van der Waals surface area contributed by atoms with E-state index in [0.29, 0.717) is 12.6 Å². The molecule has 2 rings (SSSR count). The number of hydrogen-bond donors (Lipinski definition) is 2. The number of nitrogens with zero attached hydrogens (tertiary/aromatic N) is 3. The van der Waals surface area contributed by atoms with Crippen LogP contribution in [-0.2, 0) is 0 Å². The van der Waals surface area contributed by atoms with Crippen molar-refractivity contribution in [3.05, 3.63) is 11.4 Å². The molecule has 1 saturated carbocycles. The average molecular weight is 264 g/mol. The fourth-order valence-electron chi connectivity index (χ4n) is 2.26. The molecule has 0 bridgehead atoms. The Kier molecular flexibility index (Phi) is 4.58. The highest BCUT2D eigenvalue weighted by atomic mass is 16.3. The van der Waals surface area contributed by atoms with Crippen molar-refractivity contribution < 1.29 is 5.11 Å². The van der Waals surface area contributed by atoms with E-state index in [1.807, 2.05) is 6.92 Å². The molecule has 1 heterocycles. The molecule has 106 valence electrons. The summed E-state index contributed by atoms with van der Waals surface area (Å²) >= 11 is 0. The van der Waals surface area contributed by atoms with E-state index >= 15 is 0 Å². The van der Waals surface area contributed by atoms with Gasteiger partial charge in [-0.3, -0.25) is 0 Å². The fraction of sp³-hybridized carbons (Fsp3) is 0.714. The maximum atomic E-state index is 9.24. The molecule has 0 aliphatic heterocycles. The van der Waals surface area contributed by atoms with Gasteiger partial charge in [-0.25, -0.2) is 9.97 Å². The molecule has 0 spiro atoms. The molecule has 5 nitrogen and oxygen atoms in total. The lowest BCUT2D eigenvalue weighted by Gasteiger charge is -2.25. The second kappa shape index (κ2) is 6.19. The van der Waals surface area contributed by atoms with Crippen LogP contribution in [0.1, 0.15) is 37.6 Å². The maximum absolute atomic E-state index is 9.24. The van der Waals surface area contributed by atoms with Crippen molar-refractivity contribution >= 4 is 11.6 Å². The van der Waals surface area contributed by atoms with Gasteiger partial charge in [-0.05, 0) is 33.1 Å². The predicted octanol–water partition coefficient (Wildman–Crippen LogP) is 1.88. The molecule has 5 heteroatoms. The highest BCUT2D eigenvalue weighted by Crippen LogP contribution is 2.33. The van der Waals surface area contributed by atoms with Gasteiger partial charge in [0.15, 0.2) is 0 Å². The van der Waals surface area contributed by atoms with Crippen molar-refractivity contribution in [2.24, 2.45) is 0 Å². The Balaban J connectivity index is 2.29. The summed E-state index contributed by atoms with van der Waals surface area (Å²) in [7, 11) is 0. The van der Waals surface area contributed by atoms with E-state index in [9.17, 15) is 5.11 Å². The highest BCUT2D eigenvalue weighted by Gasteiger charge is 2.31. The molecule has 0 aromatic carbocycles. The van der Waals surface area contributed by atoms with Gasteiger partial charge in [0.2, 0.25) is 0 Å². The number of aliphatic hydroxyl groups is 1. The van der Waals surface area contributed by atoms with Crippen molar-refractivity contribution in [3.63, 3.8) is 0 Å². The number of rotatable bonds is 7. The number of anilines is 2. The Morgan fingerprint density at radius 3 is 2.63 bits per heavy atom. The van der Waals surface area contributed by atoms with Crippen LogP contribution in [0.4, 0.5) is 11.6 Å². The van der Waals surface area contributed by atoms with Crippen LogP contribution in [0.25, 0.3) is 0 Å². The number of hydrogen-bond acceptors (Lipinski definition) is 5. The third-order valence-electron chi connectivity index (χ3n) is 3.37. The zero-order chi connectivity index (χ0) is 13.8. The fourth-order valence-corrected chi connectivity index (χ4v) is 2.26. The second-order valence-electron chi connectivity index (χ2n) is 5.14. The standard InChI is InChI=1S/C14H24N4O/c1-4-7-15-13-10(2)14(17-11(3)16-13)18(8-9-19)12-5-6-12/h12,19H,4-9H2,1-3H3,(H,15,16,17). The van der Waals surface area contributed by atoms with Crippen LogP contribution in [0.3, 0.4) is 0 Å². The van der Waals surface area contributed by atoms with Crippen LogP contribution in [0, 0.1) is 13.8 Å². The molecular formula is C14H24N4O. The molecule has 19 heavy (non-hydrogen) atoms. The summed E-state index contributed by atoms with van der Waals surface area (Å²) in [6.07, 6.45) is 3.46. The minimum Gasteiger partial charge on any atom is -0.395 e. The lowest BCUT2D eigenvalue weighted by molar-refractivity contribution is 0.301. The minimum absolute atomic E-state index is 0.163. The summed E-state index contributed by atoms with van der Waals surface area (Å²) in [5.74, 6) is 2.68. The predicted molar refractivity (Wildman–Crippen MR) is 77.7 cm³/mol. The van der Waals surface area contributed by atoms with Crippen LogP contribution in [0.5, 0.6) is 0 Å². The van der Waals surface area contributed by atoms with Gasteiger partial charge < -0.3 is 15.3 Å². The Morgan fingerprint density at radius 2 is 2.05 bits per heavy atom. The molecule has 1 aromatic rings. The Hall–Kier alpha value is -1.36. The first-order valence-corrected chi connectivity index (χ1v) is 7.14. The molecule has 1 aromatic heterocycles. The highest BCUT2D eigenvalue weighted by molar-refractivity contribution is 5.59. The second-order valence-corrected chi connectivity index (χ2v) is 5.14. The Labute approximate surface area is 115 Å². The van der Waals surface area contributed by atoms with Crippen molar-refractivity contribution in [1.29, 1.82) is 0 Å². The molecule has 0 atom stereocenters. The lowest BCUT2D eigenvalue weighted by Crippen LogP contribution is -2.31. The van der Waals surface area contributed by atoms with Crippen LogP contribution in [0.15, 0.2) is 0 Å². The number of aromatic nitrogens is 2. The zero-order valence-electron chi connectivity index (χ0n) is 12.1. The number of nitrogens with one attached hydrogen (secondary N) is 1. The summed E-state index contributed by atoms with van der Waals surface area (Å²) in [6, 6.07) is 0.541. The molecule has 1 fully saturated rings. The van der Waals surface area contributed by atoms with E-state index in [0.717, 1.165) is 36.0 Å². The van der Waals surface area contributed by atoms with E-state index in [-0.39, 0.29) is 6.61 Å². The van der Waals surface area contributed by atoms with E-state index < -0.39 is 0 Å². The van der Waals surface area contributed by atoms with Gasteiger partial charge in [-0.1, -0.05) is 6.92 Å². The van der Waals surface area contributed by atoms with Gasteiger partial charge in [0, 0.05) is 24.7 Å². The van der Waals surface area contributed by atoms with Gasteiger partial charge in [-0.15, -0.1) is 0 Å². The monoisotopic (exact) mass is 264 g/mol. The van der Waals surface area contributed by atoms with Crippen LogP contribution >= 0.6 is 0 Å². The maximum Gasteiger partial charge on any atom is 0.137 e. The summed E-state index contributed by atoms with van der Waals surface area (Å²) in [5.41, 5.74) is 1.08. The quantitative estimate of drug-likeness (QED) is 0.787. The lowest BCUT2D eigenvalue weighted by atomic mass is 10.2. The first-order chi connectivity index (χ1) is 9.17. The van der Waals surface area contributed by atoms with E-state index in [2.05, 4.69) is 34.0 Å². The topological polar surface area (TPSA) is 61.3 Å². The Bertz CT molecular complexity index is 432. The largest absolute Gasteiger partial charge is 0.395 e. The molecule has 1 aliphatic carbocycles. The van der Waals surface area contributed by atoms with Crippen molar-refractivity contribution in [2.45, 2.75) is 46.1 Å². The summed E-state index contributed by atoms with van der Waals surface area (Å²) in [5, 5.41) is 12.6. The number of aryl methyl sites for hydroxylation is 1. The molecule has 0 amide bonds. The summed E-state index contributed by atoms with van der Waals surface area (Å²) in [4.78, 5) is 11.3. The van der Waals surface area contributed by atoms with Crippen LogP contribution in [-0.4, -0.2) is 40.8 Å². The normalized spacial score (nSPS) is 14.5. The summed E-state index contributed by atoms with van der Waals surface area (Å²) < 4.78 is 0.